The van der Waals surface area contributed by atoms with E-state index in [1.54, 1.807) is 24.3 Å². The second kappa shape index (κ2) is 10.7. The Morgan fingerprint density at radius 3 is 2.49 bits per heavy atom. The number of nitrogens with one attached hydrogen (secondary N) is 1. The number of ether oxygens (including phenoxy) is 2. The molecule has 0 aliphatic carbocycles. The number of hydrogen-bond donors (Lipinski definition) is 1. The van der Waals surface area contributed by atoms with Crippen LogP contribution in [0.4, 0.5) is 20.6 Å². The van der Waals surface area contributed by atoms with Gasteiger partial charge in [0.2, 0.25) is 0 Å². The number of benzene rings is 3. The lowest BCUT2D eigenvalue weighted by Crippen LogP contribution is -2.54. The standard InChI is InChI=1S/C25H17FIN3O7/c1-36-21-12-15(11-20(27)22(21)37-13-14-3-2-4-16(26)9-14)10-19-23(31)28-25(33)29(24(19)32)17-5-7-18(8-6-17)30(34)35/h2-12H,13H2,1H3,(H,28,31,33)/b19-10+. The summed E-state index contributed by atoms with van der Waals surface area (Å²) in [6.45, 7) is 0.0811. The summed E-state index contributed by atoms with van der Waals surface area (Å²) >= 11 is 2.00. The lowest BCUT2D eigenvalue weighted by Gasteiger charge is -2.26. The molecule has 0 atom stereocenters. The van der Waals surface area contributed by atoms with E-state index in [2.05, 4.69) is 5.32 Å². The molecule has 37 heavy (non-hydrogen) atoms. The largest absolute Gasteiger partial charge is 0.493 e. The van der Waals surface area contributed by atoms with Crippen molar-refractivity contribution in [2.45, 2.75) is 6.61 Å². The highest BCUT2D eigenvalue weighted by molar-refractivity contribution is 14.1. The molecule has 1 heterocycles. The van der Waals surface area contributed by atoms with Crippen LogP contribution in [0.25, 0.3) is 6.08 Å². The molecule has 1 aliphatic heterocycles. The number of rotatable bonds is 7. The van der Waals surface area contributed by atoms with E-state index in [0.717, 1.165) is 17.0 Å². The summed E-state index contributed by atoms with van der Waals surface area (Å²) in [6.07, 6.45) is 1.30. The molecule has 0 unspecified atom stereocenters. The minimum Gasteiger partial charge on any atom is -0.493 e. The first kappa shape index (κ1) is 25.8. The molecule has 10 nitrogen and oxygen atoms in total. The van der Waals surface area contributed by atoms with Gasteiger partial charge in [0.05, 0.1) is 21.3 Å². The number of nitrogens with zero attached hydrogens (tertiary/aromatic N) is 2. The highest BCUT2D eigenvalue weighted by Crippen LogP contribution is 2.35. The molecule has 0 bridgehead atoms. The van der Waals surface area contributed by atoms with Crippen molar-refractivity contribution >= 4 is 57.9 Å². The van der Waals surface area contributed by atoms with Gasteiger partial charge < -0.3 is 9.47 Å². The van der Waals surface area contributed by atoms with Crippen LogP contribution in [0.1, 0.15) is 11.1 Å². The first-order valence-corrected chi connectivity index (χ1v) is 11.7. The maximum absolute atomic E-state index is 13.5. The van der Waals surface area contributed by atoms with Gasteiger partial charge in [-0.1, -0.05) is 12.1 Å². The summed E-state index contributed by atoms with van der Waals surface area (Å²) < 4.78 is 25.3. The third kappa shape index (κ3) is 5.58. The van der Waals surface area contributed by atoms with Crippen LogP contribution >= 0.6 is 22.6 Å². The van der Waals surface area contributed by atoms with Gasteiger partial charge in [-0.15, -0.1) is 0 Å². The number of carbonyl (C=O) groups excluding carboxylic acids is 3. The van der Waals surface area contributed by atoms with Crippen LogP contribution in [-0.2, 0) is 16.2 Å². The molecular weight excluding hydrogens is 600 g/mol. The van der Waals surface area contributed by atoms with Gasteiger partial charge in [-0.2, -0.15) is 0 Å². The van der Waals surface area contributed by atoms with Crippen molar-refractivity contribution in [3.05, 3.63) is 96.9 Å². The number of amides is 4. The average molecular weight is 617 g/mol. The third-order valence-corrected chi connectivity index (χ3v) is 6.06. The van der Waals surface area contributed by atoms with Crippen LogP contribution in [0.15, 0.2) is 66.2 Å². The molecule has 4 rings (SSSR count). The Bertz CT molecular complexity index is 1460. The fourth-order valence-electron chi connectivity index (χ4n) is 3.53. The van der Waals surface area contributed by atoms with E-state index in [1.165, 1.54) is 37.5 Å². The van der Waals surface area contributed by atoms with Crippen LogP contribution in [0.2, 0.25) is 0 Å². The molecule has 3 aromatic carbocycles. The summed E-state index contributed by atoms with van der Waals surface area (Å²) in [4.78, 5) is 49.0. The second-order valence-corrected chi connectivity index (χ2v) is 8.85. The summed E-state index contributed by atoms with van der Waals surface area (Å²) in [5, 5.41) is 13.0. The maximum atomic E-state index is 13.5. The number of barbiturate groups is 1. The molecule has 0 spiro atoms. The number of urea groups is 1. The van der Waals surface area contributed by atoms with Crippen molar-refractivity contribution in [3.8, 4) is 11.5 Å². The SMILES string of the molecule is COc1cc(/C=C2\C(=O)NC(=O)N(c3ccc([N+](=O)[O-])cc3)C2=O)cc(I)c1OCc1cccc(F)c1. The number of anilines is 1. The van der Waals surface area contributed by atoms with E-state index in [0.29, 0.717) is 26.2 Å². The van der Waals surface area contributed by atoms with Gasteiger partial charge in [0.1, 0.15) is 18.0 Å². The van der Waals surface area contributed by atoms with Gasteiger partial charge in [0.25, 0.3) is 17.5 Å². The smallest absolute Gasteiger partial charge is 0.335 e. The number of nitro groups is 1. The molecule has 0 radical (unpaired) electrons. The van der Waals surface area contributed by atoms with Crippen molar-refractivity contribution < 1.29 is 33.2 Å². The minimum atomic E-state index is -0.978. The first-order valence-electron chi connectivity index (χ1n) is 10.6. The maximum Gasteiger partial charge on any atom is 0.335 e. The molecular formula is C25H17FIN3O7. The van der Waals surface area contributed by atoms with Gasteiger partial charge in [-0.25, -0.2) is 14.1 Å². The molecule has 12 heteroatoms. The lowest BCUT2D eigenvalue weighted by atomic mass is 10.1. The fourth-order valence-corrected chi connectivity index (χ4v) is 4.31. The molecule has 4 amide bonds. The van der Waals surface area contributed by atoms with Gasteiger partial charge in [0, 0.05) is 12.1 Å². The van der Waals surface area contributed by atoms with Crippen molar-refractivity contribution in [1.29, 1.82) is 0 Å². The highest BCUT2D eigenvalue weighted by Gasteiger charge is 2.37. The second-order valence-electron chi connectivity index (χ2n) is 7.68. The minimum absolute atomic E-state index is 0.0553. The first-order chi connectivity index (χ1) is 17.7. The van der Waals surface area contributed by atoms with E-state index >= 15 is 0 Å². The Balaban J connectivity index is 1.63. The summed E-state index contributed by atoms with van der Waals surface area (Å²) in [5.41, 5.74) is 0.534. The number of nitro benzene ring substituents is 1. The third-order valence-electron chi connectivity index (χ3n) is 5.26. The molecule has 0 aromatic heterocycles. The van der Waals surface area contributed by atoms with Gasteiger partial charge in [-0.05, 0) is 76.2 Å². The lowest BCUT2D eigenvalue weighted by molar-refractivity contribution is -0.384. The zero-order valence-corrected chi connectivity index (χ0v) is 21.2. The van der Waals surface area contributed by atoms with Gasteiger partial charge >= 0.3 is 6.03 Å². The van der Waals surface area contributed by atoms with Crippen LogP contribution < -0.4 is 19.7 Å². The van der Waals surface area contributed by atoms with Crippen LogP contribution in [0.3, 0.4) is 0 Å². The summed E-state index contributed by atoms with van der Waals surface area (Å²) in [6, 6.07) is 12.9. The quantitative estimate of drug-likeness (QED) is 0.135. The Kier molecular flexibility index (Phi) is 7.47. The molecule has 1 saturated heterocycles. The van der Waals surface area contributed by atoms with Crippen molar-refractivity contribution in [2.24, 2.45) is 0 Å². The predicted octanol–water partition coefficient (Wildman–Crippen LogP) is 4.59. The van der Waals surface area contributed by atoms with Crippen LogP contribution in [0, 0.1) is 19.5 Å². The van der Waals surface area contributed by atoms with E-state index < -0.39 is 22.8 Å². The molecule has 1 N–H and O–H groups in total. The van der Waals surface area contributed by atoms with Crippen molar-refractivity contribution in [3.63, 3.8) is 0 Å². The van der Waals surface area contributed by atoms with Gasteiger partial charge in [0.15, 0.2) is 11.5 Å². The molecule has 188 valence electrons. The number of carbonyl (C=O) groups is 3. The zero-order valence-electron chi connectivity index (χ0n) is 19.1. The Morgan fingerprint density at radius 1 is 1.11 bits per heavy atom. The van der Waals surface area contributed by atoms with E-state index in [9.17, 15) is 28.9 Å². The van der Waals surface area contributed by atoms with Crippen molar-refractivity contribution in [2.75, 3.05) is 12.0 Å². The number of hydrogen-bond acceptors (Lipinski definition) is 7. The normalized spacial score (nSPS) is 14.5. The fraction of sp³-hybridized carbons (Fsp3) is 0.0800. The number of halogens is 2. The van der Waals surface area contributed by atoms with E-state index in [-0.39, 0.29) is 29.4 Å². The zero-order chi connectivity index (χ0) is 26.7. The Morgan fingerprint density at radius 2 is 1.84 bits per heavy atom. The molecule has 1 fully saturated rings. The van der Waals surface area contributed by atoms with Crippen LogP contribution in [0.5, 0.6) is 11.5 Å². The number of non-ortho nitro benzene ring substituents is 1. The highest BCUT2D eigenvalue weighted by atomic mass is 127. The summed E-state index contributed by atoms with van der Waals surface area (Å²) in [5.74, 6) is -1.49. The van der Waals surface area contributed by atoms with Crippen LogP contribution in [-0.4, -0.2) is 29.9 Å². The average Bonchev–Trinajstić information content (AvgIpc) is 2.86. The predicted molar refractivity (Wildman–Crippen MR) is 139 cm³/mol. The monoisotopic (exact) mass is 617 g/mol. The van der Waals surface area contributed by atoms with E-state index in [1.807, 2.05) is 22.6 Å². The molecule has 3 aromatic rings. The summed E-state index contributed by atoms with van der Waals surface area (Å²) in [7, 11) is 1.42. The molecule has 1 aliphatic rings. The number of methoxy groups -OCH3 is 1. The van der Waals surface area contributed by atoms with E-state index in [4.69, 9.17) is 9.47 Å². The number of imide groups is 2. The topological polar surface area (TPSA) is 128 Å². The van der Waals surface area contributed by atoms with Crippen molar-refractivity contribution in [1.82, 2.24) is 5.32 Å². The Hall–Kier alpha value is -4.33. The Labute approximate surface area is 223 Å². The molecule has 0 saturated carbocycles. The van der Waals surface area contributed by atoms with Gasteiger partial charge in [-0.3, -0.25) is 25.0 Å².